The average molecular weight is 396 g/mol. The Morgan fingerprint density at radius 1 is 1.36 bits per heavy atom. The van der Waals surface area contributed by atoms with Crippen LogP contribution in [-0.2, 0) is 11.3 Å². The van der Waals surface area contributed by atoms with E-state index in [2.05, 4.69) is 45.3 Å². The second-order valence-electron chi connectivity index (χ2n) is 7.31. The molecule has 3 aromatic heterocycles. The van der Waals surface area contributed by atoms with Crippen LogP contribution in [0.25, 0.3) is 10.1 Å². The summed E-state index contributed by atoms with van der Waals surface area (Å²) in [6.07, 6.45) is 7.18. The molecule has 146 valence electrons. The minimum atomic E-state index is -0.185. The summed E-state index contributed by atoms with van der Waals surface area (Å²) < 4.78 is 1.21. The third-order valence-electron chi connectivity index (χ3n) is 5.43. The highest BCUT2D eigenvalue weighted by Crippen LogP contribution is 2.30. The molecule has 0 aliphatic carbocycles. The molecule has 6 nitrogen and oxygen atoms in total. The first kappa shape index (κ1) is 18.8. The van der Waals surface area contributed by atoms with Gasteiger partial charge in [0.05, 0.1) is 4.70 Å². The van der Waals surface area contributed by atoms with Crippen LogP contribution in [0.2, 0.25) is 0 Å². The Balaban J connectivity index is 1.43. The third kappa shape index (κ3) is 4.00. The van der Waals surface area contributed by atoms with Crippen molar-refractivity contribution in [3.8, 4) is 0 Å². The maximum absolute atomic E-state index is 11.4. The van der Waals surface area contributed by atoms with Gasteiger partial charge in [-0.15, -0.1) is 11.3 Å². The molecule has 3 N–H and O–H groups in total. The first-order valence-corrected chi connectivity index (χ1v) is 10.5. The van der Waals surface area contributed by atoms with E-state index >= 15 is 0 Å². The molecule has 4 rings (SSSR count). The Hall–Kier alpha value is -2.51. The van der Waals surface area contributed by atoms with Crippen LogP contribution >= 0.6 is 11.3 Å². The van der Waals surface area contributed by atoms with E-state index < -0.39 is 0 Å². The van der Waals surface area contributed by atoms with Gasteiger partial charge in [0, 0.05) is 60.6 Å². The summed E-state index contributed by atoms with van der Waals surface area (Å²) in [5.41, 5.74) is 6.63. The largest absolute Gasteiger partial charge is 0.369 e. The summed E-state index contributed by atoms with van der Waals surface area (Å²) in [5.74, 6) is 0.810. The number of nitrogens with one attached hydrogen (secondary N) is 1. The van der Waals surface area contributed by atoms with Gasteiger partial charge in [-0.3, -0.25) is 9.78 Å². The number of pyridine rings is 2. The van der Waals surface area contributed by atoms with E-state index in [0.29, 0.717) is 0 Å². The minimum Gasteiger partial charge on any atom is -0.369 e. The van der Waals surface area contributed by atoms with Gasteiger partial charge in [0.2, 0.25) is 5.91 Å². The molecular formula is C21H25N5OS. The lowest BCUT2D eigenvalue weighted by atomic mass is 9.96. The number of carbonyl (C=O) groups excluding carboxylic acids is 1. The molecule has 3 aromatic rings. The lowest BCUT2D eigenvalue weighted by Gasteiger charge is -2.32. The van der Waals surface area contributed by atoms with Gasteiger partial charge in [-0.25, -0.2) is 4.98 Å². The number of nitrogens with two attached hydrogens (primary N) is 1. The van der Waals surface area contributed by atoms with E-state index in [9.17, 15) is 4.79 Å². The predicted molar refractivity (Wildman–Crippen MR) is 113 cm³/mol. The standard InChI is InChI=1S/C21H25N5OS/c1-14(18-11-16-4-8-23-13-19(16)28-18)25-12-17-3-2-7-24-21(17)26-9-5-15(6-10-26)20(22)27/h2-4,7-8,11,13-15,25H,5-6,9-10,12H2,1H3,(H2,22,27). The van der Waals surface area contributed by atoms with Gasteiger partial charge in [-0.05, 0) is 43.4 Å². The summed E-state index contributed by atoms with van der Waals surface area (Å²) in [6.45, 7) is 4.56. The van der Waals surface area contributed by atoms with Crippen LogP contribution in [0, 0.1) is 5.92 Å². The van der Waals surface area contributed by atoms with Crippen molar-refractivity contribution in [2.45, 2.75) is 32.4 Å². The number of aromatic nitrogens is 2. The van der Waals surface area contributed by atoms with Gasteiger partial charge in [0.15, 0.2) is 0 Å². The monoisotopic (exact) mass is 395 g/mol. The second-order valence-corrected chi connectivity index (χ2v) is 8.43. The van der Waals surface area contributed by atoms with E-state index in [1.165, 1.54) is 20.5 Å². The number of anilines is 1. The molecule has 0 aromatic carbocycles. The molecule has 28 heavy (non-hydrogen) atoms. The van der Waals surface area contributed by atoms with Gasteiger partial charge in [-0.1, -0.05) is 6.07 Å². The number of fused-ring (bicyclic) bond motifs is 1. The molecular weight excluding hydrogens is 370 g/mol. The van der Waals surface area contributed by atoms with Gasteiger partial charge in [-0.2, -0.15) is 0 Å². The van der Waals surface area contributed by atoms with Crippen molar-refractivity contribution in [1.82, 2.24) is 15.3 Å². The second kappa shape index (κ2) is 8.24. The van der Waals surface area contributed by atoms with E-state index in [4.69, 9.17) is 5.73 Å². The highest BCUT2D eigenvalue weighted by molar-refractivity contribution is 7.19. The van der Waals surface area contributed by atoms with Crippen molar-refractivity contribution in [2.75, 3.05) is 18.0 Å². The SMILES string of the molecule is CC(NCc1cccnc1N1CCC(C(N)=O)CC1)c1cc2ccncc2s1. The Kier molecular flexibility index (Phi) is 5.54. The lowest BCUT2D eigenvalue weighted by Crippen LogP contribution is -2.39. The number of primary amides is 1. The zero-order valence-electron chi connectivity index (χ0n) is 16.0. The highest BCUT2D eigenvalue weighted by Gasteiger charge is 2.25. The van der Waals surface area contributed by atoms with Gasteiger partial charge in [0.1, 0.15) is 5.82 Å². The number of hydrogen-bond donors (Lipinski definition) is 2. The van der Waals surface area contributed by atoms with Crippen molar-refractivity contribution in [3.63, 3.8) is 0 Å². The van der Waals surface area contributed by atoms with Crippen molar-refractivity contribution < 1.29 is 4.79 Å². The molecule has 0 bridgehead atoms. The maximum Gasteiger partial charge on any atom is 0.220 e. The number of amides is 1. The fourth-order valence-corrected chi connectivity index (χ4v) is 4.77. The molecule has 1 saturated heterocycles. The molecule has 0 radical (unpaired) electrons. The summed E-state index contributed by atoms with van der Waals surface area (Å²) in [6, 6.07) is 8.63. The van der Waals surface area contributed by atoms with E-state index in [1.807, 2.05) is 24.7 Å². The number of piperidine rings is 1. The number of nitrogens with zero attached hydrogens (tertiary/aromatic N) is 3. The average Bonchev–Trinajstić information content (AvgIpc) is 3.17. The minimum absolute atomic E-state index is 0.0102. The zero-order chi connectivity index (χ0) is 19.5. The van der Waals surface area contributed by atoms with Crippen molar-refractivity contribution >= 4 is 33.1 Å². The summed E-state index contributed by atoms with van der Waals surface area (Å²) >= 11 is 1.78. The Morgan fingerprint density at radius 3 is 2.93 bits per heavy atom. The highest BCUT2D eigenvalue weighted by atomic mass is 32.1. The predicted octanol–water partition coefficient (Wildman–Crippen LogP) is 3.24. The van der Waals surface area contributed by atoms with Crippen molar-refractivity contribution in [3.05, 3.63) is 53.3 Å². The third-order valence-corrected chi connectivity index (χ3v) is 6.70. The Bertz CT molecular complexity index is 931. The number of hydrogen-bond acceptors (Lipinski definition) is 6. The van der Waals surface area contributed by atoms with Crippen LogP contribution in [0.15, 0.2) is 42.9 Å². The molecule has 1 fully saturated rings. The first-order chi connectivity index (χ1) is 13.6. The summed E-state index contributed by atoms with van der Waals surface area (Å²) in [4.78, 5) is 23.8. The Morgan fingerprint density at radius 2 is 2.18 bits per heavy atom. The fraction of sp³-hybridized carbons (Fsp3) is 0.381. The number of thiophene rings is 1. The summed E-state index contributed by atoms with van der Waals surface area (Å²) in [5, 5.41) is 4.87. The van der Waals surface area contributed by atoms with Crippen LogP contribution in [0.4, 0.5) is 5.82 Å². The van der Waals surface area contributed by atoms with Gasteiger partial charge < -0.3 is 16.0 Å². The van der Waals surface area contributed by atoms with E-state index in [-0.39, 0.29) is 17.9 Å². The molecule has 1 aliphatic heterocycles. The normalized spacial score (nSPS) is 16.4. The lowest BCUT2D eigenvalue weighted by molar-refractivity contribution is -0.122. The molecule has 1 aliphatic rings. The Labute approximate surface area is 168 Å². The molecule has 0 spiro atoms. The molecule has 1 unspecified atom stereocenters. The number of rotatable bonds is 6. The van der Waals surface area contributed by atoms with Crippen LogP contribution in [0.1, 0.15) is 36.2 Å². The molecule has 1 amide bonds. The zero-order valence-corrected chi connectivity index (χ0v) is 16.8. The van der Waals surface area contributed by atoms with E-state index in [0.717, 1.165) is 38.3 Å². The van der Waals surface area contributed by atoms with Crippen LogP contribution in [-0.4, -0.2) is 29.0 Å². The van der Waals surface area contributed by atoms with Crippen molar-refractivity contribution in [2.24, 2.45) is 11.7 Å². The summed E-state index contributed by atoms with van der Waals surface area (Å²) in [7, 11) is 0. The quantitative estimate of drug-likeness (QED) is 0.669. The smallest absolute Gasteiger partial charge is 0.220 e. The van der Waals surface area contributed by atoms with Crippen LogP contribution in [0.3, 0.4) is 0 Å². The molecule has 0 saturated carbocycles. The maximum atomic E-state index is 11.4. The van der Waals surface area contributed by atoms with E-state index in [1.54, 1.807) is 11.3 Å². The van der Waals surface area contributed by atoms with Gasteiger partial charge in [0.25, 0.3) is 0 Å². The first-order valence-electron chi connectivity index (χ1n) is 9.67. The molecule has 1 atom stereocenters. The topological polar surface area (TPSA) is 84.1 Å². The molecule has 7 heteroatoms. The fourth-order valence-electron chi connectivity index (χ4n) is 3.71. The van der Waals surface area contributed by atoms with Crippen LogP contribution < -0.4 is 16.0 Å². The van der Waals surface area contributed by atoms with Crippen LogP contribution in [0.5, 0.6) is 0 Å². The number of carbonyl (C=O) groups is 1. The molecule has 4 heterocycles. The van der Waals surface area contributed by atoms with Gasteiger partial charge >= 0.3 is 0 Å². The van der Waals surface area contributed by atoms with Crippen molar-refractivity contribution in [1.29, 1.82) is 0 Å².